The number of carbonyl (C=O) groups excluding carboxylic acids is 1. The fourth-order valence-electron chi connectivity index (χ4n) is 1.44. The van der Waals surface area contributed by atoms with Crippen molar-refractivity contribution in [3.63, 3.8) is 0 Å². The summed E-state index contributed by atoms with van der Waals surface area (Å²) in [7, 11) is 0. The fourth-order valence-corrected chi connectivity index (χ4v) is 2.16. The maximum atomic E-state index is 11.3. The molecular weight excluding hydrogens is 184 g/mol. The number of rotatable bonds is 4. The highest BCUT2D eigenvalue weighted by Gasteiger charge is 2.27. The lowest BCUT2D eigenvalue weighted by Crippen LogP contribution is -2.44. The monoisotopic (exact) mass is 202 g/mol. The lowest BCUT2D eigenvalue weighted by molar-refractivity contribution is -0.123. The Hall–Kier alpha value is -0.220. The zero-order valence-corrected chi connectivity index (χ0v) is 9.36. The lowest BCUT2D eigenvalue weighted by Gasteiger charge is -2.36. The van der Waals surface area contributed by atoms with Crippen molar-refractivity contribution < 1.29 is 4.79 Å². The van der Waals surface area contributed by atoms with Crippen molar-refractivity contribution in [1.82, 2.24) is 9.62 Å². The number of carbonyl (C=O) groups is 1. The van der Waals surface area contributed by atoms with Crippen molar-refractivity contribution in [2.45, 2.75) is 26.3 Å². The molecule has 4 heteroatoms. The summed E-state index contributed by atoms with van der Waals surface area (Å²) in [4.78, 5) is 11.3. The van der Waals surface area contributed by atoms with Crippen LogP contribution in [0.1, 0.15) is 20.3 Å². The first-order valence-electron chi connectivity index (χ1n) is 4.70. The van der Waals surface area contributed by atoms with Gasteiger partial charge in [0.25, 0.3) is 0 Å². The van der Waals surface area contributed by atoms with Crippen LogP contribution >= 0.6 is 11.9 Å². The largest absolute Gasteiger partial charge is 0.354 e. The minimum absolute atomic E-state index is 0.195. The van der Waals surface area contributed by atoms with Crippen LogP contribution in [0, 0.1) is 5.92 Å². The Labute approximate surface area is 84.4 Å². The number of amides is 1. The summed E-state index contributed by atoms with van der Waals surface area (Å²) in [6, 6.07) is 0.268. The van der Waals surface area contributed by atoms with Crippen LogP contribution in [0.2, 0.25) is 0 Å². The van der Waals surface area contributed by atoms with E-state index >= 15 is 0 Å². The van der Waals surface area contributed by atoms with E-state index in [-0.39, 0.29) is 11.9 Å². The third-order valence-corrected chi connectivity index (χ3v) is 2.92. The summed E-state index contributed by atoms with van der Waals surface area (Å²) in [5, 5.41) is 2.91. The average Bonchev–Trinajstić information content (AvgIpc) is 1.94. The van der Waals surface area contributed by atoms with Gasteiger partial charge in [0, 0.05) is 25.6 Å². The van der Waals surface area contributed by atoms with Gasteiger partial charge in [0.1, 0.15) is 0 Å². The van der Waals surface area contributed by atoms with E-state index < -0.39 is 0 Å². The SMILES string of the molecule is CSN1CC(CC(=O)NC(C)C)C1. The Morgan fingerprint density at radius 1 is 1.62 bits per heavy atom. The predicted molar refractivity (Wildman–Crippen MR) is 56.5 cm³/mol. The normalized spacial score (nSPS) is 18.8. The maximum Gasteiger partial charge on any atom is 0.220 e. The van der Waals surface area contributed by atoms with Crippen molar-refractivity contribution in [2.24, 2.45) is 5.92 Å². The van der Waals surface area contributed by atoms with Gasteiger partial charge in [-0.2, -0.15) is 0 Å². The second-order valence-electron chi connectivity index (χ2n) is 3.82. The molecule has 1 aliphatic heterocycles. The fraction of sp³-hybridized carbons (Fsp3) is 0.889. The average molecular weight is 202 g/mol. The topological polar surface area (TPSA) is 32.3 Å². The molecule has 0 aliphatic carbocycles. The molecule has 0 spiro atoms. The van der Waals surface area contributed by atoms with Crippen molar-refractivity contribution in [3.05, 3.63) is 0 Å². The van der Waals surface area contributed by atoms with E-state index in [1.807, 2.05) is 13.8 Å². The Morgan fingerprint density at radius 2 is 2.23 bits per heavy atom. The molecule has 1 fully saturated rings. The van der Waals surface area contributed by atoms with Crippen molar-refractivity contribution in [3.8, 4) is 0 Å². The minimum Gasteiger partial charge on any atom is -0.354 e. The van der Waals surface area contributed by atoms with Gasteiger partial charge in [-0.3, -0.25) is 9.10 Å². The zero-order valence-electron chi connectivity index (χ0n) is 8.54. The summed E-state index contributed by atoms with van der Waals surface area (Å²) in [6.07, 6.45) is 2.76. The Balaban J connectivity index is 2.09. The minimum atomic E-state index is 0.195. The van der Waals surface area contributed by atoms with E-state index in [4.69, 9.17) is 0 Å². The van der Waals surface area contributed by atoms with Crippen LogP contribution in [-0.2, 0) is 4.79 Å². The van der Waals surface area contributed by atoms with Crippen LogP contribution in [0.5, 0.6) is 0 Å². The summed E-state index contributed by atoms with van der Waals surface area (Å²) in [6.45, 7) is 6.11. The molecule has 13 heavy (non-hydrogen) atoms. The number of nitrogens with one attached hydrogen (secondary N) is 1. The smallest absolute Gasteiger partial charge is 0.220 e. The van der Waals surface area contributed by atoms with Gasteiger partial charge in [0.05, 0.1) is 0 Å². The Bertz CT molecular complexity index is 178. The molecule has 1 rings (SSSR count). The van der Waals surface area contributed by atoms with Gasteiger partial charge in [-0.15, -0.1) is 0 Å². The van der Waals surface area contributed by atoms with E-state index in [0.717, 1.165) is 13.1 Å². The van der Waals surface area contributed by atoms with Crippen LogP contribution in [0.15, 0.2) is 0 Å². The third-order valence-electron chi connectivity index (χ3n) is 2.11. The van der Waals surface area contributed by atoms with E-state index in [1.54, 1.807) is 11.9 Å². The van der Waals surface area contributed by atoms with Crippen molar-refractivity contribution in [1.29, 1.82) is 0 Å². The van der Waals surface area contributed by atoms with E-state index in [9.17, 15) is 4.79 Å². The summed E-state index contributed by atoms with van der Waals surface area (Å²) in [5.41, 5.74) is 0. The highest BCUT2D eigenvalue weighted by Crippen LogP contribution is 2.24. The lowest BCUT2D eigenvalue weighted by atomic mass is 9.99. The molecule has 1 heterocycles. The summed E-state index contributed by atoms with van der Waals surface area (Å²) < 4.78 is 2.27. The quantitative estimate of drug-likeness (QED) is 0.693. The van der Waals surface area contributed by atoms with Crippen molar-refractivity contribution in [2.75, 3.05) is 19.3 Å². The molecule has 1 saturated heterocycles. The Kier molecular flexibility index (Phi) is 4.06. The van der Waals surface area contributed by atoms with Gasteiger partial charge in [0.2, 0.25) is 5.91 Å². The van der Waals surface area contributed by atoms with E-state index in [2.05, 4.69) is 15.9 Å². The molecule has 0 aromatic carbocycles. The van der Waals surface area contributed by atoms with Gasteiger partial charge < -0.3 is 5.32 Å². The molecule has 76 valence electrons. The van der Waals surface area contributed by atoms with Crippen LogP contribution in [-0.4, -0.2) is 35.6 Å². The first kappa shape index (κ1) is 10.9. The zero-order chi connectivity index (χ0) is 9.84. The molecule has 1 aliphatic rings. The third kappa shape index (κ3) is 3.56. The van der Waals surface area contributed by atoms with E-state index in [1.165, 1.54) is 0 Å². The van der Waals surface area contributed by atoms with Gasteiger partial charge in [0.15, 0.2) is 0 Å². The van der Waals surface area contributed by atoms with E-state index in [0.29, 0.717) is 12.3 Å². The first-order valence-corrected chi connectivity index (χ1v) is 5.88. The predicted octanol–water partition coefficient (Wildman–Crippen LogP) is 1.11. The summed E-state index contributed by atoms with van der Waals surface area (Å²) in [5.74, 6) is 0.770. The second kappa shape index (κ2) is 4.86. The molecule has 0 aromatic rings. The van der Waals surface area contributed by atoms with Gasteiger partial charge in [-0.25, -0.2) is 0 Å². The van der Waals surface area contributed by atoms with Crippen LogP contribution < -0.4 is 5.32 Å². The molecular formula is C9H18N2OS. The van der Waals surface area contributed by atoms with Gasteiger partial charge in [-0.1, -0.05) is 11.9 Å². The molecule has 3 nitrogen and oxygen atoms in total. The number of nitrogens with zero attached hydrogens (tertiary/aromatic N) is 1. The standard InChI is InChI=1S/C9H18N2OS/c1-7(2)10-9(12)4-8-5-11(6-8)13-3/h7-8H,4-6H2,1-3H3,(H,10,12). The van der Waals surface area contributed by atoms with Crippen LogP contribution in [0.3, 0.4) is 0 Å². The van der Waals surface area contributed by atoms with Gasteiger partial charge in [-0.05, 0) is 26.0 Å². The highest BCUT2D eigenvalue weighted by atomic mass is 32.2. The Morgan fingerprint density at radius 3 is 2.69 bits per heavy atom. The molecule has 0 atom stereocenters. The van der Waals surface area contributed by atoms with Crippen LogP contribution in [0.25, 0.3) is 0 Å². The summed E-state index contributed by atoms with van der Waals surface area (Å²) >= 11 is 1.76. The first-order chi connectivity index (χ1) is 6.11. The molecule has 0 unspecified atom stereocenters. The van der Waals surface area contributed by atoms with Crippen molar-refractivity contribution >= 4 is 17.9 Å². The molecule has 0 aromatic heterocycles. The molecule has 0 radical (unpaired) electrons. The number of hydrogen-bond donors (Lipinski definition) is 1. The van der Waals surface area contributed by atoms with Crippen LogP contribution in [0.4, 0.5) is 0 Å². The highest BCUT2D eigenvalue weighted by molar-refractivity contribution is 7.96. The second-order valence-corrected chi connectivity index (χ2v) is 4.70. The maximum absolute atomic E-state index is 11.3. The van der Waals surface area contributed by atoms with Gasteiger partial charge >= 0.3 is 0 Å². The molecule has 1 N–H and O–H groups in total. The molecule has 0 bridgehead atoms. The molecule has 1 amide bonds. The molecule has 0 saturated carbocycles. The number of hydrogen-bond acceptors (Lipinski definition) is 3.